The second-order valence-corrected chi connectivity index (χ2v) is 5.56. The molecule has 0 saturated carbocycles. The highest BCUT2D eigenvalue weighted by atomic mass is 16.5. The summed E-state index contributed by atoms with van der Waals surface area (Å²) in [6, 6.07) is 7.19. The van der Waals surface area contributed by atoms with E-state index in [9.17, 15) is 14.4 Å². The molecule has 0 N–H and O–H groups in total. The number of methoxy groups -OCH3 is 2. The summed E-state index contributed by atoms with van der Waals surface area (Å²) in [6.45, 7) is 1.73. The monoisotopic (exact) mass is 320 g/mol. The first-order valence-electron chi connectivity index (χ1n) is 7.36. The molecule has 0 amide bonds. The molecule has 2 rings (SSSR count). The first-order valence-corrected chi connectivity index (χ1v) is 7.36. The molecule has 2 unspecified atom stereocenters. The number of ether oxygens (including phenoxy) is 3. The predicted octanol–water partition coefficient (Wildman–Crippen LogP) is 1.72. The number of hydrogen-bond donors (Lipinski definition) is 0. The largest absolute Gasteiger partial charge is 0.493 e. The van der Waals surface area contributed by atoms with Gasteiger partial charge < -0.3 is 19.0 Å². The Bertz CT molecular complexity index is 593. The van der Waals surface area contributed by atoms with Gasteiger partial charge >= 0.3 is 11.9 Å². The highest BCUT2D eigenvalue weighted by Gasteiger charge is 2.45. The molecular weight excluding hydrogens is 300 g/mol. The third kappa shape index (κ3) is 3.52. The lowest BCUT2D eigenvalue weighted by Gasteiger charge is -2.35. The Balaban J connectivity index is 2.51. The number of ketones is 1. The van der Waals surface area contributed by atoms with Crippen molar-refractivity contribution in [1.29, 1.82) is 0 Å². The van der Waals surface area contributed by atoms with Crippen molar-refractivity contribution in [3.8, 4) is 5.75 Å². The highest BCUT2D eigenvalue weighted by Crippen LogP contribution is 2.43. The van der Waals surface area contributed by atoms with Crippen LogP contribution in [0.25, 0.3) is 0 Å². The van der Waals surface area contributed by atoms with E-state index in [1.165, 1.54) is 21.1 Å². The molecule has 0 saturated heterocycles. The van der Waals surface area contributed by atoms with Crippen molar-refractivity contribution in [3.05, 3.63) is 29.8 Å². The summed E-state index contributed by atoms with van der Waals surface area (Å²) in [7, 11) is 2.45. The van der Waals surface area contributed by atoms with Crippen LogP contribution in [0, 0.1) is 11.8 Å². The van der Waals surface area contributed by atoms with Gasteiger partial charge in [-0.2, -0.15) is 0 Å². The molecule has 0 spiro atoms. The van der Waals surface area contributed by atoms with Crippen molar-refractivity contribution in [2.45, 2.75) is 19.3 Å². The fraction of sp³-hybridized carbons (Fsp3) is 0.471. The van der Waals surface area contributed by atoms with E-state index < -0.39 is 23.8 Å². The van der Waals surface area contributed by atoms with Crippen LogP contribution in [0.2, 0.25) is 0 Å². The molecule has 1 aliphatic heterocycles. The van der Waals surface area contributed by atoms with Gasteiger partial charge in [0.2, 0.25) is 0 Å². The normalized spacial score (nSPS) is 19.5. The van der Waals surface area contributed by atoms with Crippen LogP contribution in [0.5, 0.6) is 5.75 Å². The first-order chi connectivity index (χ1) is 11.0. The predicted molar refractivity (Wildman–Crippen MR) is 81.0 cm³/mol. The number of hydrogen-bond acceptors (Lipinski definition) is 6. The third-order valence-corrected chi connectivity index (χ3v) is 4.06. The molecule has 23 heavy (non-hydrogen) atoms. The van der Waals surface area contributed by atoms with Crippen molar-refractivity contribution >= 4 is 17.7 Å². The number of carbonyl (C=O) groups is 3. The van der Waals surface area contributed by atoms with E-state index in [1.807, 2.05) is 6.07 Å². The van der Waals surface area contributed by atoms with Crippen molar-refractivity contribution in [2.24, 2.45) is 11.8 Å². The molecule has 0 aliphatic carbocycles. The van der Waals surface area contributed by atoms with Crippen LogP contribution in [0.3, 0.4) is 0 Å². The van der Waals surface area contributed by atoms with Crippen LogP contribution < -0.4 is 4.74 Å². The van der Waals surface area contributed by atoms with Gasteiger partial charge in [-0.1, -0.05) is 18.2 Å². The van der Waals surface area contributed by atoms with Gasteiger partial charge in [0, 0.05) is 18.3 Å². The average Bonchev–Trinajstić information content (AvgIpc) is 2.55. The van der Waals surface area contributed by atoms with Crippen molar-refractivity contribution in [1.82, 2.24) is 0 Å². The van der Waals surface area contributed by atoms with E-state index in [0.717, 1.165) is 0 Å². The van der Waals surface area contributed by atoms with E-state index in [0.29, 0.717) is 11.3 Å². The molecule has 2 atom stereocenters. The molecule has 1 aromatic carbocycles. The number of Topliss-reactive ketones (excluding diaryl/α,β-unsaturated/α-hetero) is 1. The number of benzene rings is 1. The maximum Gasteiger partial charge on any atom is 0.320 e. The van der Waals surface area contributed by atoms with Crippen LogP contribution >= 0.6 is 0 Å². The Labute approximate surface area is 134 Å². The van der Waals surface area contributed by atoms with E-state index in [2.05, 4.69) is 0 Å². The summed E-state index contributed by atoms with van der Waals surface area (Å²) in [5.74, 6) is -2.72. The van der Waals surface area contributed by atoms with Gasteiger partial charge in [0.15, 0.2) is 5.92 Å². The number of para-hydroxylation sites is 1. The fourth-order valence-electron chi connectivity index (χ4n) is 3.09. The summed E-state index contributed by atoms with van der Waals surface area (Å²) < 4.78 is 15.3. The maximum absolute atomic E-state index is 12.2. The van der Waals surface area contributed by atoms with E-state index in [4.69, 9.17) is 14.2 Å². The molecule has 0 bridgehead atoms. The summed E-state index contributed by atoms with van der Waals surface area (Å²) in [6.07, 6.45) is 0.212. The molecular formula is C17H20O6. The standard InChI is InChI=1S/C17H20O6/c1-10(18)8-11-9-23-13-7-5-4-6-12(13)14(11)15(16(19)21-2)17(20)22-3/h4-7,11,14-15H,8-9H2,1-3H3. The van der Waals surface area contributed by atoms with E-state index in [1.54, 1.807) is 18.2 Å². The van der Waals surface area contributed by atoms with Crippen LogP contribution in [-0.4, -0.2) is 38.5 Å². The van der Waals surface area contributed by atoms with Crippen molar-refractivity contribution in [3.63, 3.8) is 0 Å². The minimum absolute atomic E-state index is 0.0311. The molecule has 6 heteroatoms. The van der Waals surface area contributed by atoms with E-state index >= 15 is 0 Å². The minimum atomic E-state index is -1.13. The van der Waals surface area contributed by atoms with E-state index in [-0.39, 0.29) is 24.7 Å². The van der Waals surface area contributed by atoms with Gasteiger partial charge in [-0.15, -0.1) is 0 Å². The SMILES string of the molecule is COC(=O)C(C(=O)OC)C1c2ccccc2OCC1CC(C)=O. The van der Waals surface area contributed by atoms with Gasteiger partial charge in [0.1, 0.15) is 11.5 Å². The van der Waals surface area contributed by atoms with Gasteiger partial charge in [0.25, 0.3) is 0 Å². The number of fused-ring (bicyclic) bond motifs is 1. The summed E-state index contributed by atoms with van der Waals surface area (Å²) in [5.41, 5.74) is 0.714. The smallest absolute Gasteiger partial charge is 0.320 e. The number of rotatable bonds is 5. The number of esters is 2. The van der Waals surface area contributed by atoms with Gasteiger partial charge in [-0.05, 0) is 18.6 Å². The van der Waals surface area contributed by atoms with Crippen molar-refractivity contribution < 1.29 is 28.6 Å². The summed E-state index contributed by atoms with van der Waals surface area (Å²) in [5, 5.41) is 0. The van der Waals surface area contributed by atoms with Crippen LogP contribution in [-0.2, 0) is 23.9 Å². The molecule has 0 aromatic heterocycles. The highest BCUT2D eigenvalue weighted by molar-refractivity contribution is 5.96. The lowest BCUT2D eigenvalue weighted by molar-refractivity contribution is -0.161. The quantitative estimate of drug-likeness (QED) is 0.607. The number of carbonyl (C=O) groups excluding carboxylic acids is 3. The second kappa shape index (κ2) is 7.26. The maximum atomic E-state index is 12.2. The van der Waals surface area contributed by atoms with Crippen LogP contribution in [0.1, 0.15) is 24.8 Å². The van der Waals surface area contributed by atoms with Crippen molar-refractivity contribution in [2.75, 3.05) is 20.8 Å². The molecule has 1 aromatic rings. The Morgan fingerprint density at radius 2 is 1.78 bits per heavy atom. The Morgan fingerprint density at radius 1 is 1.17 bits per heavy atom. The Kier molecular flexibility index (Phi) is 5.36. The van der Waals surface area contributed by atoms with Crippen LogP contribution in [0.4, 0.5) is 0 Å². The molecule has 124 valence electrons. The second-order valence-electron chi connectivity index (χ2n) is 5.56. The lowest BCUT2D eigenvalue weighted by Crippen LogP contribution is -2.40. The van der Waals surface area contributed by atoms with Gasteiger partial charge in [-0.3, -0.25) is 9.59 Å². The average molecular weight is 320 g/mol. The Hall–Kier alpha value is -2.37. The zero-order valence-electron chi connectivity index (χ0n) is 13.4. The topological polar surface area (TPSA) is 78.9 Å². The molecule has 6 nitrogen and oxygen atoms in total. The fourth-order valence-corrected chi connectivity index (χ4v) is 3.09. The molecule has 1 aliphatic rings. The summed E-state index contributed by atoms with van der Waals surface area (Å²) in [4.78, 5) is 36.0. The molecule has 0 radical (unpaired) electrons. The Morgan fingerprint density at radius 3 is 2.35 bits per heavy atom. The lowest BCUT2D eigenvalue weighted by atomic mass is 9.73. The molecule has 0 fully saturated rings. The third-order valence-electron chi connectivity index (χ3n) is 4.06. The van der Waals surface area contributed by atoms with Gasteiger partial charge in [-0.25, -0.2) is 0 Å². The zero-order valence-corrected chi connectivity index (χ0v) is 13.4. The first kappa shape index (κ1) is 17.0. The molecule has 1 heterocycles. The van der Waals surface area contributed by atoms with Crippen LogP contribution in [0.15, 0.2) is 24.3 Å². The minimum Gasteiger partial charge on any atom is -0.493 e. The zero-order chi connectivity index (χ0) is 17.0. The van der Waals surface area contributed by atoms with Gasteiger partial charge in [0.05, 0.1) is 20.8 Å². The summed E-state index contributed by atoms with van der Waals surface area (Å²) >= 11 is 0.